The first-order valence-corrected chi connectivity index (χ1v) is 13.4. The van der Waals surface area contributed by atoms with Crippen LogP contribution in [0.25, 0.3) is 27.8 Å². The number of halogens is 3. The molecule has 1 aromatic carbocycles. The van der Waals surface area contributed by atoms with Crippen molar-refractivity contribution in [3.8, 4) is 23.1 Å². The number of aromatic nitrogens is 5. The third kappa shape index (κ3) is 7.43. The summed E-state index contributed by atoms with van der Waals surface area (Å²) in [6.45, 7) is 2.60. The van der Waals surface area contributed by atoms with Gasteiger partial charge in [-0.3, -0.25) is 4.79 Å². The first-order chi connectivity index (χ1) is 21.6. The highest BCUT2D eigenvalue weighted by molar-refractivity contribution is 5.80. The summed E-state index contributed by atoms with van der Waals surface area (Å²) in [5, 5.41) is 24.5. The Morgan fingerprint density at radius 3 is 2.42 bits per heavy atom. The van der Waals surface area contributed by atoms with Gasteiger partial charge in [0.25, 0.3) is 0 Å². The van der Waals surface area contributed by atoms with Crippen molar-refractivity contribution in [2.45, 2.75) is 6.18 Å². The number of fused-ring (bicyclic) bond motifs is 2. The molecule has 4 aromatic heterocycles. The van der Waals surface area contributed by atoms with Gasteiger partial charge in [0.1, 0.15) is 29.4 Å². The number of hydrogen-bond donors (Lipinski definition) is 3. The number of pyridine rings is 2. The summed E-state index contributed by atoms with van der Waals surface area (Å²) in [7, 11) is 0. The van der Waals surface area contributed by atoms with Gasteiger partial charge in [0.2, 0.25) is 0 Å². The minimum Gasteiger partial charge on any atom is -0.480 e. The fourth-order valence-corrected chi connectivity index (χ4v) is 4.40. The summed E-state index contributed by atoms with van der Waals surface area (Å²) in [6.07, 6.45) is -1.67. The summed E-state index contributed by atoms with van der Waals surface area (Å²) in [6, 6.07) is 17.3. The van der Waals surface area contributed by atoms with E-state index >= 15 is 0 Å². The zero-order valence-electron chi connectivity index (χ0n) is 23.3. The number of carboxylic acids is 2. The summed E-state index contributed by atoms with van der Waals surface area (Å²) in [5.74, 6) is 3.13. The van der Waals surface area contributed by atoms with Crippen molar-refractivity contribution in [3.63, 3.8) is 0 Å². The lowest BCUT2D eigenvalue weighted by atomic mass is 10.1. The molecule has 5 heterocycles. The summed E-state index contributed by atoms with van der Waals surface area (Å²) in [5.41, 5.74) is 5.14. The molecule has 0 amide bonds. The maximum Gasteiger partial charge on any atom is 0.490 e. The zero-order valence-corrected chi connectivity index (χ0v) is 23.3. The van der Waals surface area contributed by atoms with Crippen LogP contribution in [-0.4, -0.2) is 85.7 Å². The number of hydrogen-bond acceptors (Lipinski definition) is 9. The molecule has 6 rings (SSSR count). The number of anilines is 2. The van der Waals surface area contributed by atoms with E-state index < -0.39 is 18.1 Å². The smallest absolute Gasteiger partial charge is 0.480 e. The molecule has 0 atom stereocenters. The second-order valence-electron chi connectivity index (χ2n) is 9.48. The van der Waals surface area contributed by atoms with Gasteiger partial charge in [0.05, 0.1) is 30.6 Å². The number of para-hydroxylation sites is 1. The highest BCUT2D eigenvalue weighted by Gasteiger charge is 2.38. The summed E-state index contributed by atoms with van der Waals surface area (Å²) >= 11 is 0. The standard InChI is InChI=1S/C28H23N7O3.C2HF3O2/c36-26(37)18-30-25-10-6-20(17-29-25)27-23(9-8-21-7-5-19-3-1-2-4-22(19)32-21)33-28-24(11-12-31-35(27)28)34-13-15-38-16-14-34;3-2(4,5)1(6)7/h1-7,10-12,17H,13-16,18H2,(H,29,30)(H,36,37);(H,6,7). The van der Waals surface area contributed by atoms with Crippen LogP contribution in [0, 0.1) is 11.8 Å². The van der Waals surface area contributed by atoms with Crippen molar-refractivity contribution < 1.29 is 37.7 Å². The van der Waals surface area contributed by atoms with E-state index in [2.05, 4.69) is 37.1 Å². The molecular weight excluding hydrogens is 595 g/mol. The number of aliphatic carboxylic acids is 2. The molecule has 1 saturated heterocycles. The van der Waals surface area contributed by atoms with E-state index in [-0.39, 0.29) is 6.54 Å². The van der Waals surface area contributed by atoms with Crippen molar-refractivity contribution >= 4 is 40.0 Å². The molecule has 0 spiro atoms. The first-order valence-electron chi connectivity index (χ1n) is 13.4. The Kier molecular flexibility index (Phi) is 9.05. The third-order valence-corrected chi connectivity index (χ3v) is 6.46. The Hall–Kier alpha value is -5.75. The van der Waals surface area contributed by atoms with Gasteiger partial charge in [0.15, 0.2) is 5.65 Å². The molecule has 0 radical (unpaired) electrons. The Morgan fingerprint density at radius 1 is 0.978 bits per heavy atom. The lowest BCUT2D eigenvalue weighted by molar-refractivity contribution is -0.192. The number of nitrogens with one attached hydrogen (secondary N) is 1. The van der Waals surface area contributed by atoms with E-state index in [1.165, 1.54) is 0 Å². The third-order valence-electron chi connectivity index (χ3n) is 6.46. The fourth-order valence-electron chi connectivity index (χ4n) is 4.40. The Labute approximate surface area is 253 Å². The minimum atomic E-state index is -5.08. The Bertz CT molecular complexity index is 1910. The van der Waals surface area contributed by atoms with Gasteiger partial charge < -0.3 is 25.2 Å². The van der Waals surface area contributed by atoms with E-state index in [4.69, 9.17) is 24.7 Å². The van der Waals surface area contributed by atoms with Gasteiger partial charge in [-0.05, 0) is 42.2 Å². The topological polar surface area (TPSA) is 155 Å². The molecule has 15 heteroatoms. The van der Waals surface area contributed by atoms with E-state index in [0.29, 0.717) is 41.8 Å². The van der Waals surface area contributed by atoms with Gasteiger partial charge in [-0.25, -0.2) is 24.3 Å². The second-order valence-corrected chi connectivity index (χ2v) is 9.48. The number of morpholine rings is 1. The number of rotatable bonds is 5. The van der Waals surface area contributed by atoms with Gasteiger partial charge in [-0.2, -0.15) is 18.3 Å². The quantitative estimate of drug-likeness (QED) is 0.247. The van der Waals surface area contributed by atoms with Crippen LogP contribution in [0.3, 0.4) is 0 Å². The van der Waals surface area contributed by atoms with E-state index in [9.17, 15) is 18.0 Å². The normalized spacial score (nSPS) is 13.0. The highest BCUT2D eigenvalue weighted by atomic mass is 19.4. The average molecular weight is 620 g/mol. The second kappa shape index (κ2) is 13.3. The van der Waals surface area contributed by atoms with Gasteiger partial charge in [0, 0.05) is 30.2 Å². The molecular formula is C30H24F3N7O5. The molecule has 0 saturated carbocycles. The van der Waals surface area contributed by atoms with Crippen LogP contribution < -0.4 is 10.2 Å². The predicted molar refractivity (Wildman–Crippen MR) is 157 cm³/mol. The van der Waals surface area contributed by atoms with Crippen LogP contribution in [0.5, 0.6) is 0 Å². The first kappa shape index (κ1) is 30.7. The molecule has 1 aliphatic rings. The predicted octanol–water partition coefficient (Wildman–Crippen LogP) is 3.71. The number of benzene rings is 1. The lowest BCUT2D eigenvalue weighted by Gasteiger charge is -2.28. The Morgan fingerprint density at radius 2 is 1.73 bits per heavy atom. The zero-order chi connectivity index (χ0) is 32.0. The fraction of sp³-hybridized carbons (Fsp3) is 0.200. The summed E-state index contributed by atoms with van der Waals surface area (Å²) < 4.78 is 39.0. The molecule has 3 N–H and O–H groups in total. The molecule has 12 nitrogen and oxygen atoms in total. The van der Waals surface area contributed by atoms with Crippen molar-refractivity contribution in [3.05, 3.63) is 78.4 Å². The van der Waals surface area contributed by atoms with Gasteiger partial charge >= 0.3 is 18.1 Å². The van der Waals surface area contributed by atoms with Crippen LogP contribution in [0.4, 0.5) is 24.7 Å². The Balaban J connectivity index is 0.000000515. The maximum absolute atomic E-state index is 10.9. The van der Waals surface area contributed by atoms with E-state index in [0.717, 1.165) is 35.2 Å². The monoisotopic (exact) mass is 619 g/mol. The number of ether oxygens (including phenoxy) is 1. The van der Waals surface area contributed by atoms with E-state index in [1.54, 1.807) is 23.0 Å². The van der Waals surface area contributed by atoms with Crippen LogP contribution in [-0.2, 0) is 14.3 Å². The number of carboxylic acid groups (broad SMARTS) is 2. The molecule has 0 bridgehead atoms. The van der Waals surface area contributed by atoms with Crippen molar-refractivity contribution in [2.24, 2.45) is 0 Å². The number of imidazole rings is 1. The van der Waals surface area contributed by atoms with Crippen LogP contribution in [0.1, 0.15) is 11.4 Å². The van der Waals surface area contributed by atoms with Crippen molar-refractivity contribution in [1.82, 2.24) is 24.6 Å². The van der Waals surface area contributed by atoms with Crippen molar-refractivity contribution in [1.29, 1.82) is 0 Å². The van der Waals surface area contributed by atoms with Crippen molar-refractivity contribution in [2.75, 3.05) is 43.1 Å². The van der Waals surface area contributed by atoms with Crippen LogP contribution in [0.15, 0.2) is 67.0 Å². The molecule has 1 fully saturated rings. The largest absolute Gasteiger partial charge is 0.490 e. The van der Waals surface area contributed by atoms with Crippen LogP contribution in [0.2, 0.25) is 0 Å². The molecule has 230 valence electrons. The minimum absolute atomic E-state index is 0.220. The molecule has 5 aromatic rings. The number of alkyl halides is 3. The highest BCUT2D eigenvalue weighted by Crippen LogP contribution is 2.29. The lowest BCUT2D eigenvalue weighted by Crippen LogP contribution is -2.36. The molecule has 0 unspecified atom stereocenters. The number of carbonyl (C=O) groups is 2. The molecule has 1 aliphatic heterocycles. The van der Waals surface area contributed by atoms with Gasteiger partial charge in [-0.1, -0.05) is 24.3 Å². The summed E-state index contributed by atoms with van der Waals surface area (Å²) in [4.78, 5) is 36.0. The SMILES string of the molecule is O=C(O)C(F)(F)F.O=C(O)CNc1ccc(-c2c(C#Cc3ccc4ccccc4n3)nc3c(N4CCOCC4)ccnn23)cn1. The van der Waals surface area contributed by atoms with Gasteiger partial charge in [-0.15, -0.1) is 0 Å². The average Bonchev–Trinajstić information content (AvgIpc) is 3.42. The number of nitrogens with zero attached hydrogens (tertiary/aromatic N) is 6. The van der Waals surface area contributed by atoms with Crippen LogP contribution >= 0.6 is 0 Å². The molecule has 45 heavy (non-hydrogen) atoms. The van der Waals surface area contributed by atoms with E-state index in [1.807, 2.05) is 48.5 Å². The maximum atomic E-state index is 10.9. The molecule has 0 aliphatic carbocycles.